The van der Waals surface area contributed by atoms with Crippen LogP contribution < -0.4 is 9.47 Å². The molecule has 2 heterocycles. The van der Waals surface area contributed by atoms with E-state index in [2.05, 4.69) is 0 Å². The van der Waals surface area contributed by atoms with Crippen molar-refractivity contribution < 1.29 is 64.5 Å². The minimum absolute atomic E-state index is 0.135. The van der Waals surface area contributed by atoms with E-state index in [-0.39, 0.29) is 18.1 Å². The van der Waals surface area contributed by atoms with Crippen LogP contribution in [0, 0.1) is 0 Å². The average molecular weight is 478 g/mol. The predicted octanol–water partition coefficient (Wildman–Crippen LogP) is -3.81. The van der Waals surface area contributed by atoms with Crippen LogP contribution in [0.25, 0.3) is 0 Å². The predicted molar refractivity (Wildman–Crippen MR) is 106 cm³/mol. The third kappa shape index (κ3) is 5.55. The molecule has 0 aromatic heterocycles. The van der Waals surface area contributed by atoms with Crippen molar-refractivity contribution in [3.8, 4) is 11.5 Å². The number of rotatable bonds is 8. The normalized spacial score (nSPS) is 39.3. The van der Waals surface area contributed by atoms with Crippen LogP contribution in [0.2, 0.25) is 0 Å². The van der Waals surface area contributed by atoms with Crippen LogP contribution in [0.3, 0.4) is 0 Å². The van der Waals surface area contributed by atoms with Crippen molar-refractivity contribution in [3.63, 3.8) is 0 Å². The lowest BCUT2D eigenvalue weighted by Crippen LogP contribution is -2.62. The molecule has 1 aromatic rings. The van der Waals surface area contributed by atoms with Crippen molar-refractivity contribution in [1.82, 2.24) is 0 Å². The molecular weight excluding hydrogens is 448 g/mol. The fourth-order valence-corrected chi connectivity index (χ4v) is 3.58. The van der Waals surface area contributed by atoms with Crippen molar-refractivity contribution in [3.05, 3.63) is 23.8 Å². The van der Waals surface area contributed by atoms with Crippen LogP contribution in [-0.2, 0) is 20.8 Å². The van der Waals surface area contributed by atoms with Gasteiger partial charge in [-0.05, 0) is 17.7 Å². The SMILES string of the molecule is COc1cc(CO)ccc1O[C@@H]1O[C@H](CO[C@@H]2O[C@H](CO)[C@@H](O)[C@H](O)[C@H]2O)[C@@H](O)[C@H](O)[C@H]1O. The van der Waals surface area contributed by atoms with Gasteiger partial charge in [0.1, 0.15) is 48.8 Å². The van der Waals surface area contributed by atoms with Crippen LogP contribution >= 0.6 is 0 Å². The molecule has 0 bridgehead atoms. The van der Waals surface area contributed by atoms with Gasteiger partial charge in [0.2, 0.25) is 6.29 Å². The Morgan fingerprint density at radius 2 is 1.36 bits per heavy atom. The summed E-state index contributed by atoms with van der Waals surface area (Å²) in [5, 5.41) is 79.1. The highest BCUT2D eigenvalue weighted by atomic mass is 16.7. The van der Waals surface area contributed by atoms with E-state index in [0.717, 1.165) is 0 Å². The van der Waals surface area contributed by atoms with Gasteiger partial charge < -0.3 is 64.5 Å². The number of aliphatic hydroxyl groups is 8. The molecule has 2 saturated heterocycles. The van der Waals surface area contributed by atoms with E-state index >= 15 is 0 Å². The summed E-state index contributed by atoms with van der Waals surface area (Å²) in [7, 11) is 1.37. The minimum Gasteiger partial charge on any atom is -0.493 e. The summed E-state index contributed by atoms with van der Waals surface area (Å²) < 4.78 is 27.0. The number of methoxy groups -OCH3 is 1. The fourth-order valence-electron chi connectivity index (χ4n) is 3.58. The monoisotopic (exact) mass is 478 g/mol. The molecule has 0 spiro atoms. The van der Waals surface area contributed by atoms with E-state index < -0.39 is 74.6 Å². The minimum atomic E-state index is -1.69. The molecule has 13 heteroatoms. The van der Waals surface area contributed by atoms with Crippen molar-refractivity contribution in [1.29, 1.82) is 0 Å². The lowest BCUT2D eigenvalue weighted by Gasteiger charge is -2.42. The quantitative estimate of drug-likeness (QED) is 0.180. The molecule has 10 atom stereocenters. The van der Waals surface area contributed by atoms with Gasteiger partial charge in [-0.25, -0.2) is 0 Å². The highest BCUT2D eigenvalue weighted by molar-refractivity contribution is 5.43. The standard InChI is InChI=1S/C20H30O13/c1-29-10-4-8(5-21)2-3-9(10)31-20-18(28)16(26)14(24)12(33-20)7-30-19-17(27)15(25)13(23)11(6-22)32-19/h2-4,11-28H,5-7H2,1H3/t11-,12-,13-,14-,15+,16+,17-,18-,19-,20-/m1/s1. The zero-order valence-corrected chi connectivity index (χ0v) is 17.7. The van der Waals surface area contributed by atoms with Gasteiger partial charge in [0.15, 0.2) is 17.8 Å². The summed E-state index contributed by atoms with van der Waals surface area (Å²) in [5.74, 6) is 0.364. The van der Waals surface area contributed by atoms with Gasteiger partial charge in [-0.3, -0.25) is 0 Å². The van der Waals surface area contributed by atoms with Gasteiger partial charge in [-0.15, -0.1) is 0 Å². The molecular formula is C20H30O13. The smallest absolute Gasteiger partial charge is 0.229 e. The summed E-state index contributed by atoms with van der Waals surface area (Å²) in [6.45, 7) is -1.36. The first-order chi connectivity index (χ1) is 15.7. The molecule has 3 rings (SSSR count). The first kappa shape index (κ1) is 26.0. The molecule has 2 aliphatic rings. The second kappa shape index (κ2) is 11.2. The number of benzene rings is 1. The molecule has 0 saturated carbocycles. The van der Waals surface area contributed by atoms with E-state index in [1.165, 1.54) is 19.2 Å². The van der Waals surface area contributed by atoms with E-state index in [1.807, 2.05) is 0 Å². The highest BCUT2D eigenvalue weighted by Gasteiger charge is 2.48. The third-order valence-electron chi connectivity index (χ3n) is 5.60. The van der Waals surface area contributed by atoms with Gasteiger partial charge in [0.25, 0.3) is 0 Å². The molecule has 0 unspecified atom stereocenters. The zero-order chi connectivity index (χ0) is 24.3. The molecule has 2 fully saturated rings. The van der Waals surface area contributed by atoms with Crippen LogP contribution in [0.5, 0.6) is 11.5 Å². The molecule has 0 aliphatic carbocycles. The largest absolute Gasteiger partial charge is 0.493 e. The number of hydrogen-bond acceptors (Lipinski definition) is 13. The van der Waals surface area contributed by atoms with Crippen molar-refractivity contribution >= 4 is 0 Å². The van der Waals surface area contributed by atoms with Crippen molar-refractivity contribution in [2.75, 3.05) is 20.3 Å². The maximum Gasteiger partial charge on any atom is 0.229 e. The van der Waals surface area contributed by atoms with Gasteiger partial charge in [-0.1, -0.05) is 6.07 Å². The Balaban J connectivity index is 1.68. The first-order valence-electron chi connectivity index (χ1n) is 10.3. The van der Waals surface area contributed by atoms with Gasteiger partial charge in [0, 0.05) is 0 Å². The topological polar surface area (TPSA) is 208 Å². The maximum absolute atomic E-state index is 10.3. The molecule has 13 nitrogen and oxygen atoms in total. The van der Waals surface area contributed by atoms with Crippen LogP contribution in [-0.4, -0.2) is 123 Å². The number of hydrogen-bond donors (Lipinski definition) is 8. The summed E-state index contributed by atoms with van der Waals surface area (Å²) in [5.41, 5.74) is 0.547. The Morgan fingerprint density at radius 3 is 1.97 bits per heavy atom. The number of ether oxygens (including phenoxy) is 5. The Labute approximate surface area is 188 Å². The molecule has 1 aromatic carbocycles. The van der Waals surface area contributed by atoms with Crippen molar-refractivity contribution in [2.45, 2.75) is 68.0 Å². The van der Waals surface area contributed by atoms with Crippen molar-refractivity contribution in [2.24, 2.45) is 0 Å². The summed E-state index contributed by atoms with van der Waals surface area (Å²) in [6, 6.07) is 4.53. The van der Waals surface area contributed by atoms with E-state index in [4.69, 9.17) is 23.7 Å². The van der Waals surface area contributed by atoms with Gasteiger partial charge in [0.05, 0.1) is 26.9 Å². The Morgan fingerprint density at radius 1 is 0.758 bits per heavy atom. The van der Waals surface area contributed by atoms with Gasteiger partial charge in [-0.2, -0.15) is 0 Å². The summed E-state index contributed by atoms with van der Waals surface area (Å²) in [6.07, 6.45) is -15.2. The molecule has 0 radical (unpaired) electrons. The molecule has 188 valence electrons. The Bertz CT molecular complexity index is 761. The Kier molecular flexibility index (Phi) is 8.82. The zero-order valence-electron chi connectivity index (χ0n) is 17.7. The summed E-state index contributed by atoms with van der Waals surface area (Å²) >= 11 is 0. The first-order valence-corrected chi connectivity index (χ1v) is 10.3. The van der Waals surface area contributed by atoms with E-state index in [0.29, 0.717) is 5.56 Å². The van der Waals surface area contributed by atoms with Crippen LogP contribution in [0.1, 0.15) is 5.56 Å². The molecule has 8 N–H and O–H groups in total. The lowest BCUT2D eigenvalue weighted by molar-refractivity contribution is -0.323. The van der Waals surface area contributed by atoms with Crippen LogP contribution in [0.4, 0.5) is 0 Å². The maximum atomic E-state index is 10.3. The Hall–Kier alpha value is -1.62. The van der Waals surface area contributed by atoms with E-state index in [1.54, 1.807) is 6.07 Å². The van der Waals surface area contributed by atoms with Gasteiger partial charge >= 0.3 is 0 Å². The second-order valence-corrected chi connectivity index (χ2v) is 7.81. The fraction of sp³-hybridized carbons (Fsp3) is 0.700. The summed E-state index contributed by atoms with van der Waals surface area (Å²) in [4.78, 5) is 0. The molecule has 33 heavy (non-hydrogen) atoms. The van der Waals surface area contributed by atoms with Crippen LogP contribution in [0.15, 0.2) is 18.2 Å². The third-order valence-corrected chi connectivity index (χ3v) is 5.60. The number of aliphatic hydroxyl groups excluding tert-OH is 8. The second-order valence-electron chi connectivity index (χ2n) is 7.81. The van der Waals surface area contributed by atoms with E-state index in [9.17, 15) is 40.9 Å². The molecule has 2 aliphatic heterocycles. The average Bonchev–Trinajstić information content (AvgIpc) is 2.83. The highest BCUT2D eigenvalue weighted by Crippen LogP contribution is 2.32. The lowest BCUT2D eigenvalue weighted by atomic mass is 9.98. The molecule has 0 amide bonds.